The van der Waals surface area contributed by atoms with Crippen LogP contribution < -0.4 is 0 Å². The molecule has 0 unspecified atom stereocenters. The zero-order chi connectivity index (χ0) is 14.8. The third kappa shape index (κ3) is 3.62. The minimum Gasteiger partial charge on any atom is -0.476 e. The van der Waals surface area contributed by atoms with Crippen LogP contribution in [0.1, 0.15) is 34.8 Å². The molecule has 0 amide bonds. The van der Waals surface area contributed by atoms with Gasteiger partial charge in [0.25, 0.3) is 0 Å². The van der Waals surface area contributed by atoms with Crippen molar-refractivity contribution in [3.63, 3.8) is 0 Å². The van der Waals surface area contributed by atoms with Gasteiger partial charge in [0.05, 0.1) is 6.54 Å². The molecule has 0 saturated heterocycles. The summed E-state index contributed by atoms with van der Waals surface area (Å²) >= 11 is 5.89. The fourth-order valence-electron chi connectivity index (χ4n) is 2.23. The zero-order valence-electron chi connectivity index (χ0n) is 11.3. The molecule has 0 aliphatic heterocycles. The van der Waals surface area contributed by atoms with Crippen LogP contribution in [0.25, 0.3) is 0 Å². The number of aromatic nitrogens is 1. The molecule has 0 spiro atoms. The molecule has 5 nitrogen and oxygen atoms in total. The van der Waals surface area contributed by atoms with Crippen LogP contribution in [0.2, 0.25) is 5.02 Å². The lowest BCUT2D eigenvalue weighted by molar-refractivity contribution is 0.0690. The van der Waals surface area contributed by atoms with Gasteiger partial charge in [0.1, 0.15) is 6.26 Å². The van der Waals surface area contributed by atoms with Gasteiger partial charge >= 0.3 is 5.97 Å². The van der Waals surface area contributed by atoms with Crippen molar-refractivity contribution in [2.75, 3.05) is 0 Å². The molecule has 6 heteroatoms. The van der Waals surface area contributed by atoms with Crippen LogP contribution >= 0.6 is 11.6 Å². The second-order valence-electron chi connectivity index (χ2n) is 5.19. The Balaban J connectivity index is 1.69. The number of nitrogens with zero attached hydrogens (tertiary/aromatic N) is 2. The molecule has 1 N–H and O–H groups in total. The van der Waals surface area contributed by atoms with Crippen molar-refractivity contribution in [2.45, 2.75) is 32.0 Å². The lowest BCUT2D eigenvalue weighted by Gasteiger charge is -2.20. The van der Waals surface area contributed by atoms with E-state index in [1.54, 1.807) is 0 Å². The van der Waals surface area contributed by atoms with Crippen molar-refractivity contribution in [3.8, 4) is 0 Å². The number of aromatic carboxylic acids is 1. The number of oxazole rings is 1. The Morgan fingerprint density at radius 2 is 2.05 bits per heavy atom. The van der Waals surface area contributed by atoms with E-state index in [0.29, 0.717) is 18.5 Å². The van der Waals surface area contributed by atoms with Gasteiger partial charge in [-0.1, -0.05) is 23.7 Å². The molecular weight excluding hydrogens is 292 g/mol. The number of rotatable bonds is 6. The van der Waals surface area contributed by atoms with E-state index < -0.39 is 5.97 Å². The first-order valence-corrected chi connectivity index (χ1v) is 7.16. The summed E-state index contributed by atoms with van der Waals surface area (Å²) in [5, 5.41) is 9.58. The van der Waals surface area contributed by atoms with E-state index in [1.165, 1.54) is 6.26 Å². The molecule has 3 rings (SSSR count). The molecule has 1 aromatic carbocycles. The van der Waals surface area contributed by atoms with E-state index >= 15 is 0 Å². The van der Waals surface area contributed by atoms with E-state index in [4.69, 9.17) is 21.1 Å². The van der Waals surface area contributed by atoms with Gasteiger partial charge in [0.15, 0.2) is 5.69 Å². The Morgan fingerprint density at radius 1 is 1.33 bits per heavy atom. The van der Waals surface area contributed by atoms with Crippen molar-refractivity contribution < 1.29 is 14.3 Å². The number of carbonyl (C=O) groups is 1. The van der Waals surface area contributed by atoms with Gasteiger partial charge in [-0.05, 0) is 30.5 Å². The molecule has 0 atom stereocenters. The Labute approximate surface area is 127 Å². The van der Waals surface area contributed by atoms with Gasteiger partial charge in [-0.15, -0.1) is 0 Å². The first kappa shape index (κ1) is 14.1. The van der Waals surface area contributed by atoms with Gasteiger partial charge in [0.2, 0.25) is 5.89 Å². The molecule has 1 heterocycles. The number of benzene rings is 1. The van der Waals surface area contributed by atoms with Crippen molar-refractivity contribution in [2.24, 2.45) is 0 Å². The van der Waals surface area contributed by atoms with Crippen LogP contribution in [0.5, 0.6) is 0 Å². The van der Waals surface area contributed by atoms with Crippen molar-refractivity contribution >= 4 is 17.6 Å². The summed E-state index contributed by atoms with van der Waals surface area (Å²) in [5.41, 5.74) is 1.11. The normalized spacial score (nSPS) is 14.6. The van der Waals surface area contributed by atoms with Gasteiger partial charge in [0, 0.05) is 17.6 Å². The van der Waals surface area contributed by atoms with Crippen molar-refractivity contribution in [1.29, 1.82) is 0 Å². The summed E-state index contributed by atoms with van der Waals surface area (Å²) in [7, 11) is 0. The molecule has 2 aromatic rings. The standard InChI is InChI=1S/C15H15ClN2O3/c16-11-3-1-10(2-4-11)7-18(12-5-6-12)8-14-17-13(9-21-14)15(19)20/h1-4,9,12H,5-8H2,(H,19,20). The fraction of sp³-hybridized carbons (Fsp3) is 0.333. The predicted octanol–water partition coefficient (Wildman–Crippen LogP) is 3.19. The zero-order valence-corrected chi connectivity index (χ0v) is 12.1. The number of hydrogen-bond donors (Lipinski definition) is 1. The molecule has 0 bridgehead atoms. The van der Waals surface area contributed by atoms with E-state index in [1.807, 2.05) is 24.3 Å². The molecule has 0 radical (unpaired) electrons. The summed E-state index contributed by atoms with van der Waals surface area (Å²) in [5.74, 6) is -0.631. The van der Waals surface area contributed by atoms with E-state index in [2.05, 4.69) is 9.88 Å². The molecule has 1 aliphatic rings. The molecule has 110 valence electrons. The molecular formula is C15H15ClN2O3. The van der Waals surface area contributed by atoms with Crippen LogP contribution in [0.3, 0.4) is 0 Å². The average molecular weight is 307 g/mol. The summed E-state index contributed by atoms with van der Waals surface area (Å²) in [6.45, 7) is 1.28. The highest BCUT2D eigenvalue weighted by atomic mass is 35.5. The largest absolute Gasteiger partial charge is 0.476 e. The highest BCUT2D eigenvalue weighted by Gasteiger charge is 2.30. The monoisotopic (exact) mass is 306 g/mol. The van der Waals surface area contributed by atoms with Crippen LogP contribution in [-0.2, 0) is 13.1 Å². The maximum Gasteiger partial charge on any atom is 0.357 e. The van der Waals surface area contributed by atoms with Gasteiger partial charge < -0.3 is 9.52 Å². The first-order valence-electron chi connectivity index (χ1n) is 6.78. The minimum absolute atomic E-state index is 0.0489. The third-order valence-electron chi connectivity index (χ3n) is 3.47. The molecule has 1 aliphatic carbocycles. The third-order valence-corrected chi connectivity index (χ3v) is 3.72. The fourth-order valence-corrected chi connectivity index (χ4v) is 2.36. The molecule has 1 fully saturated rings. The highest BCUT2D eigenvalue weighted by molar-refractivity contribution is 6.30. The predicted molar refractivity (Wildman–Crippen MR) is 77.2 cm³/mol. The summed E-state index contributed by atoms with van der Waals surface area (Å²) in [6.07, 6.45) is 3.49. The second kappa shape index (κ2) is 5.87. The van der Waals surface area contributed by atoms with Crippen molar-refractivity contribution in [3.05, 3.63) is 52.7 Å². The van der Waals surface area contributed by atoms with Crippen LogP contribution in [0.15, 0.2) is 34.9 Å². The summed E-state index contributed by atoms with van der Waals surface area (Å²) < 4.78 is 5.24. The summed E-state index contributed by atoms with van der Waals surface area (Å²) in [4.78, 5) is 17.1. The minimum atomic E-state index is -1.07. The van der Waals surface area contributed by atoms with Crippen molar-refractivity contribution in [1.82, 2.24) is 9.88 Å². The second-order valence-corrected chi connectivity index (χ2v) is 5.63. The Bertz CT molecular complexity index is 635. The van der Waals surface area contributed by atoms with Crippen LogP contribution in [-0.4, -0.2) is 27.0 Å². The molecule has 1 saturated carbocycles. The lowest BCUT2D eigenvalue weighted by atomic mass is 10.2. The Hall–Kier alpha value is -1.85. The molecule has 21 heavy (non-hydrogen) atoms. The maximum absolute atomic E-state index is 10.8. The van der Waals surface area contributed by atoms with Crippen LogP contribution in [0, 0.1) is 0 Å². The van der Waals surface area contributed by atoms with E-state index in [-0.39, 0.29) is 5.69 Å². The van der Waals surface area contributed by atoms with Gasteiger partial charge in [-0.3, -0.25) is 4.90 Å². The number of halogens is 1. The smallest absolute Gasteiger partial charge is 0.357 e. The number of hydrogen-bond acceptors (Lipinski definition) is 4. The lowest BCUT2D eigenvalue weighted by Crippen LogP contribution is -2.25. The van der Waals surface area contributed by atoms with Gasteiger partial charge in [-0.2, -0.15) is 0 Å². The number of carboxylic acid groups (broad SMARTS) is 1. The van der Waals surface area contributed by atoms with E-state index in [9.17, 15) is 4.79 Å². The van der Waals surface area contributed by atoms with Gasteiger partial charge in [-0.25, -0.2) is 9.78 Å². The summed E-state index contributed by atoms with van der Waals surface area (Å²) in [6, 6.07) is 8.25. The van der Waals surface area contributed by atoms with E-state index in [0.717, 1.165) is 30.0 Å². The SMILES string of the molecule is O=C(O)c1coc(CN(Cc2ccc(Cl)cc2)C2CC2)n1. The topological polar surface area (TPSA) is 66.6 Å². The highest BCUT2D eigenvalue weighted by Crippen LogP contribution is 2.30. The number of carboxylic acids is 1. The first-order chi connectivity index (χ1) is 10.1. The quantitative estimate of drug-likeness (QED) is 0.887. The Morgan fingerprint density at radius 3 is 2.62 bits per heavy atom. The van der Waals surface area contributed by atoms with Crippen LogP contribution in [0.4, 0.5) is 0 Å². The average Bonchev–Trinajstić information content (AvgIpc) is 3.20. The molecule has 1 aromatic heterocycles. The maximum atomic E-state index is 10.8. The Kier molecular flexibility index (Phi) is 3.94.